The lowest BCUT2D eigenvalue weighted by molar-refractivity contribution is -0.153. The van der Waals surface area contributed by atoms with Crippen molar-refractivity contribution in [1.82, 2.24) is 0 Å². The van der Waals surface area contributed by atoms with E-state index in [1.165, 1.54) is 19.1 Å². The number of anilines is 1. The monoisotopic (exact) mass is 416 g/mol. The number of benzene rings is 3. The molecule has 0 fully saturated rings. The molecule has 0 bridgehead atoms. The predicted molar refractivity (Wildman–Crippen MR) is 118 cm³/mol. The van der Waals surface area contributed by atoms with Crippen molar-refractivity contribution in [3.8, 4) is 0 Å². The number of primary amides is 1. The number of hydrogen-bond acceptors (Lipinski definition) is 4. The van der Waals surface area contributed by atoms with Crippen LogP contribution in [0.15, 0.2) is 84.9 Å². The third-order valence-corrected chi connectivity index (χ3v) is 4.89. The van der Waals surface area contributed by atoms with Gasteiger partial charge in [-0.15, -0.1) is 0 Å². The minimum Gasteiger partial charge on any atom is -0.453 e. The van der Waals surface area contributed by atoms with Crippen molar-refractivity contribution < 1.29 is 19.1 Å². The maximum atomic E-state index is 12.6. The SMILES string of the molecule is C[C@H](OC(=O)CC(c1ccccc1)c1ccccc1)C(=O)Nc1ccc(C(N)=O)cc1. The van der Waals surface area contributed by atoms with Gasteiger partial charge >= 0.3 is 5.97 Å². The fraction of sp³-hybridized carbons (Fsp3) is 0.160. The van der Waals surface area contributed by atoms with Crippen LogP contribution in [0.25, 0.3) is 0 Å². The first-order valence-electron chi connectivity index (χ1n) is 9.94. The summed E-state index contributed by atoms with van der Waals surface area (Å²) < 4.78 is 5.39. The largest absolute Gasteiger partial charge is 0.453 e. The zero-order valence-electron chi connectivity index (χ0n) is 17.2. The third-order valence-electron chi connectivity index (χ3n) is 4.89. The van der Waals surface area contributed by atoms with Crippen molar-refractivity contribution in [2.24, 2.45) is 5.73 Å². The van der Waals surface area contributed by atoms with E-state index in [1.807, 2.05) is 60.7 Å². The molecule has 31 heavy (non-hydrogen) atoms. The second-order valence-electron chi connectivity index (χ2n) is 7.14. The molecule has 3 aromatic rings. The van der Waals surface area contributed by atoms with Crippen LogP contribution in [0.3, 0.4) is 0 Å². The maximum Gasteiger partial charge on any atom is 0.307 e. The molecule has 3 N–H and O–H groups in total. The van der Waals surface area contributed by atoms with Gasteiger partial charge in [-0.3, -0.25) is 14.4 Å². The highest BCUT2D eigenvalue weighted by atomic mass is 16.5. The van der Waals surface area contributed by atoms with Gasteiger partial charge in [-0.1, -0.05) is 60.7 Å². The predicted octanol–water partition coefficient (Wildman–Crippen LogP) is 3.88. The summed E-state index contributed by atoms with van der Waals surface area (Å²) in [4.78, 5) is 36.2. The average Bonchev–Trinajstić information content (AvgIpc) is 2.79. The molecule has 0 spiro atoms. The first-order chi connectivity index (χ1) is 14.9. The first-order valence-corrected chi connectivity index (χ1v) is 9.94. The van der Waals surface area contributed by atoms with Gasteiger partial charge in [0.05, 0.1) is 6.42 Å². The normalized spacial score (nSPS) is 11.5. The summed E-state index contributed by atoms with van der Waals surface area (Å²) >= 11 is 0. The quantitative estimate of drug-likeness (QED) is 0.545. The molecule has 0 aliphatic heterocycles. The molecule has 0 saturated heterocycles. The van der Waals surface area contributed by atoms with E-state index in [1.54, 1.807) is 12.1 Å². The summed E-state index contributed by atoms with van der Waals surface area (Å²) in [5, 5.41) is 2.66. The van der Waals surface area contributed by atoms with Gasteiger partial charge in [0.15, 0.2) is 6.10 Å². The maximum absolute atomic E-state index is 12.6. The van der Waals surface area contributed by atoms with E-state index in [4.69, 9.17) is 10.5 Å². The van der Waals surface area contributed by atoms with Crippen LogP contribution in [0.4, 0.5) is 5.69 Å². The van der Waals surface area contributed by atoms with E-state index in [0.717, 1.165) is 11.1 Å². The van der Waals surface area contributed by atoms with Crippen molar-refractivity contribution >= 4 is 23.5 Å². The number of carbonyl (C=O) groups excluding carboxylic acids is 3. The molecular weight excluding hydrogens is 392 g/mol. The van der Waals surface area contributed by atoms with Gasteiger partial charge in [-0.05, 0) is 42.3 Å². The number of hydrogen-bond donors (Lipinski definition) is 2. The minimum absolute atomic E-state index is 0.110. The first kappa shape index (κ1) is 21.8. The smallest absolute Gasteiger partial charge is 0.307 e. The summed E-state index contributed by atoms with van der Waals surface area (Å²) in [7, 11) is 0. The summed E-state index contributed by atoms with van der Waals surface area (Å²) in [6.07, 6.45) is -0.866. The van der Waals surface area contributed by atoms with Crippen LogP contribution in [-0.2, 0) is 14.3 Å². The standard InChI is InChI=1S/C25H24N2O4/c1-17(25(30)27-21-14-12-20(13-15-21)24(26)29)31-23(28)16-22(18-8-4-2-5-9-18)19-10-6-3-7-11-19/h2-15,17,22H,16H2,1H3,(H2,26,29)(H,27,30)/t17-/m0/s1. The van der Waals surface area contributed by atoms with Gasteiger partial charge in [0, 0.05) is 17.2 Å². The number of carbonyl (C=O) groups is 3. The Morgan fingerprint density at radius 2 is 1.35 bits per heavy atom. The molecule has 6 nitrogen and oxygen atoms in total. The van der Waals surface area contributed by atoms with Crippen molar-refractivity contribution in [2.45, 2.75) is 25.4 Å². The molecule has 0 aromatic heterocycles. The minimum atomic E-state index is -0.976. The summed E-state index contributed by atoms with van der Waals surface area (Å²) in [6.45, 7) is 1.52. The van der Waals surface area contributed by atoms with Crippen molar-refractivity contribution in [3.63, 3.8) is 0 Å². The van der Waals surface area contributed by atoms with Crippen molar-refractivity contribution in [1.29, 1.82) is 0 Å². The Labute approximate surface area is 181 Å². The average molecular weight is 416 g/mol. The van der Waals surface area contributed by atoms with Gasteiger partial charge in [0.25, 0.3) is 5.91 Å². The van der Waals surface area contributed by atoms with Crippen LogP contribution < -0.4 is 11.1 Å². The number of esters is 1. The Hall–Kier alpha value is -3.93. The van der Waals surface area contributed by atoms with Crippen molar-refractivity contribution in [2.75, 3.05) is 5.32 Å². The highest BCUT2D eigenvalue weighted by Gasteiger charge is 2.23. The van der Waals surface area contributed by atoms with E-state index >= 15 is 0 Å². The van der Waals surface area contributed by atoms with Crippen LogP contribution in [0.5, 0.6) is 0 Å². The van der Waals surface area contributed by atoms with E-state index in [-0.39, 0.29) is 12.3 Å². The zero-order valence-corrected chi connectivity index (χ0v) is 17.2. The molecular formula is C25H24N2O4. The number of ether oxygens (including phenoxy) is 1. The Morgan fingerprint density at radius 3 is 1.84 bits per heavy atom. The molecule has 0 heterocycles. The van der Waals surface area contributed by atoms with Crippen LogP contribution in [0.2, 0.25) is 0 Å². The fourth-order valence-electron chi connectivity index (χ4n) is 3.23. The van der Waals surface area contributed by atoms with Gasteiger partial charge < -0.3 is 15.8 Å². The lowest BCUT2D eigenvalue weighted by atomic mass is 9.88. The summed E-state index contributed by atoms with van der Waals surface area (Å²) in [6, 6.07) is 25.6. The number of nitrogens with two attached hydrogens (primary N) is 1. The second kappa shape index (κ2) is 10.2. The summed E-state index contributed by atoms with van der Waals surface area (Å²) in [5.41, 5.74) is 8.02. The lowest BCUT2D eigenvalue weighted by Gasteiger charge is -2.19. The molecule has 3 rings (SSSR count). The number of amides is 2. The topological polar surface area (TPSA) is 98.5 Å². The molecule has 2 amide bonds. The van der Waals surface area contributed by atoms with E-state index in [2.05, 4.69) is 5.32 Å². The molecule has 0 aliphatic rings. The highest BCUT2D eigenvalue weighted by Crippen LogP contribution is 2.28. The van der Waals surface area contributed by atoms with Gasteiger partial charge in [0.2, 0.25) is 5.91 Å². The molecule has 6 heteroatoms. The fourth-order valence-corrected chi connectivity index (χ4v) is 3.23. The van der Waals surface area contributed by atoms with Crippen LogP contribution in [-0.4, -0.2) is 23.9 Å². The van der Waals surface area contributed by atoms with E-state index in [9.17, 15) is 14.4 Å². The third kappa shape index (κ3) is 6.02. The van der Waals surface area contributed by atoms with Crippen molar-refractivity contribution in [3.05, 3.63) is 102 Å². The Balaban J connectivity index is 1.63. The molecule has 0 radical (unpaired) electrons. The van der Waals surface area contributed by atoms with Gasteiger partial charge in [-0.25, -0.2) is 0 Å². The molecule has 0 saturated carbocycles. The molecule has 3 aromatic carbocycles. The van der Waals surface area contributed by atoms with E-state index < -0.39 is 23.9 Å². The van der Waals surface area contributed by atoms with E-state index in [0.29, 0.717) is 11.3 Å². The van der Waals surface area contributed by atoms with Gasteiger partial charge in [-0.2, -0.15) is 0 Å². The molecule has 158 valence electrons. The van der Waals surface area contributed by atoms with Crippen LogP contribution in [0, 0.1) is 0 Å². The zero-order chi connectivity index (χ0) is 22.2. The highest BCUT2D eigenvalue weighted by molar-refractivity contribution is 5.96. The van der Waals surface area contributed by atoms with Crippen LogP contribution in [0.1, 0.15) is 40.7 Å². The second-order valence-corrected chi connectivity index (χ2v) is 7.14. The molecule has 0 aliphatic carbocycles. The lowest BCUT2D eigenvalue weighted by Crippen LogP contribution is -2.30. The molecule has 0 unspecified atom stereocenters. The van der Waals surface area contributed by atoms with Crippen LogP contribution >= 0.6 is 0 Å². The Morgan fingerprint density at radius 1 is 0.839 bits per heavy atom. The Kier molecular flexibility index (Phi) is 7.17. The van der Waals surface area contributed by atoms with Gasteiger partial charge in [0.1, 0.15) is 0 Å². The molecule has 1 atom stereocenters. The number of rotatable bonds is 8. The summed E-state index contributed by atoms with van der Waals surface area (Å²) in [5.74, 6) is -1.65. The Bertz CT molecular complexity index is 995. The number of nitrogens with one attached hydrogen (secondary N) is 1.